The van der Waals surface area contributed by atoms with Crippen LogP contribution in [0, 0.1) is 0 Å². The number of methoxy groups -OCH3 is 1. The molecule has 0 spiro atoms. The number of nitrogens with zero attached hydrogens (tertiary/aromatic N) is 2. The van der Waals surface area contributed by atoms with Crippen molar-refractivity contribution in [1.82, 2.24) is 9.55 Å². The molecule has 4 aromatic rings. The van der Waals surface area contributed by atoms with Crippen LogP contribution >= 0.6 is 11.6 Å². The minimum Gasteiger partial charge on any atom is -0.497 e. The van der Waals surface area contributed by atoms with Crippen molar-refractivity contribution in [2.75, 3.05) is 7.11 Å². The standard InChI is InChI=1S/C22H14ClF3N2O2.2C2H6/c1-30-17-8-5-13(6-9-17)21(29)28-19-10-7-16(23)12-18(19)27-20(28)14-3-2-4-15(11-14)22(24,25)26;2*1-2/h2-12H,1H3;2*1-2H3. The number of carbonyl (C=O) groups excluding carboxylic acids is 1. The van der Waals surface area contributed by atoms with Gasteiger partial charge in [-0.25, -0.2) is 4.98 Å². The lowest BCUT2D eigenvalue weighted by molar-refractivity contribution is -0.137. The van der Waals surface area contributed by atoms with Crippen molar-refractivity contribution in [1.29, 1.82) is 0 Å². The van der Waals surface area contributed by atoms with Gasteiger partial charge in [-0.05, 0) is 54.6 Å². The maximum atomic E-state index is 13.3. The third-order valence-corrected chi connectivity index (χ3v) is 4.84. The van der Waals surface area contributed by atoms with E-state index in [2.05, 4.69) is 4.98 Å². The monoisotopic (exact) mass is 490 g/mol. The molecule has 0 bridgehead atoms. The van der Waals surface area contributed by atoms with E-state index in [1.807, 2.05) is 27.7 Å². The Kier molecular flexibility index (Phi) is 9.27. The summed E-state index contributed by atoms with van der Waals surface area (Å²) in [6, 6.07) is 15.9. The molecule has 0 aliphatic rings. The zero-order valence-electron chi connectivity index (χ0n) is 19.6. The Labute approximate surface area is 202 Å². The second-order valence-electron chi connectivity index (χ2n) is 6.52. The van der Waals surface area contributed by atoms with Crippen LogP contribution in [0.1, 0.15) is 43.6 Å². The van der Waals surface area contributed by atoms with Gasteiger partial charge in [-0.1, -0.05) is 51.4 Å². The van der Waals surface area contributed by atoms with Gasteiger partial charge in [0.15, 0.2) is 0 Å². The van der Waals surface area contributed by atoms with Crippen molar-refractivity contribution in [2.45, 2.75) is 33.9 Å². The van der Waals surface area contributed by atoms with Crippen LogP contribution in [0.2, 0.25) is 5.02 Å². The third-order valence-electron chi connectivity index (χ3n) is 4.60. The Morgan fingerprint density at radius 3 is 2.18 bits per heavy atom. The molecule has 0 atom stereocenters. The predicted octanol–water partition coefficient (Wildman–Crippen LogP) is 8.13. The molecule has 1 heterocycles. The van der Waals surface area contributed by atoms with Crippen LogP contribution in [0.25, 0.3) is 22.4 Å². The smallest absolute Gasteiger partial charge is 0.416 e. The van der Waals surface area contributed by atoms with E-state index in [0.29, 0.717) is 27.4 Å². The summed E-state index contributed by atoms with van der Waals surface area (Å²) in [6.45, 7) is 8.00. The van der Waals surface area contributed by atoms with E-state index in [4.69, 9.17) is 16.3 Å². The van der Waals surface area contributed by atoms with Crippen molar-refractivity contribution in [3.05, 3.63) is 82.9 Å². The molecule has 0 radical (unpaired) electrons. The highest BCUT2D eigenvalue weighted by atomic mass is 35.5. The number of hydrogen-bond acceptors (Lipinski definition) is 3. The molecule has 4 nitrogen and oxygen atoms in total. The van der Waals surface area contributed by atoms with Gasteiger partial charge < -0.3 is 4.74 Å². The summed E-state index contributed by atoms with van der Waals surface area (Å²) < 4.78 is 46.0. The average molecular weight is 491 g/mol. The fourth-order valence-electron chi connectivity index (χ4n) is 3.15. The predicted molar refractivity (Wildman–Crippen MR) is 131 cm³/mol. The number of rotatable bonds is 3. The van der Waals surface area contributed by atoms with Crippen molar-refractivity contribution >= 4 is 28.5 Å². The molecule has 1 aromatic heterocycles. The SMILES string of the molecule is CC.CC.COc1ccc(C(=O)n2c(-c3cccc(C(F)(F)F)c3)nc3cc(Cl)ccc32)cc1. The first-order chi connectivity index (χ1) is 16.3. The molecule has 0 saturated carbocycles. The van der Waals surface area contributed by atoms with Crippen LogP contribution in [0.5, 0.6) is 5.75 Å². The number of aromatic nitrogens is 2. The minimum atomic E-state index is -4.52. The molecule has 180 valence electrons. The molecule has 0 aliphatic carbocycles. The highest BCUT2D eigenvalue weighted by molar-refractivity contribution is 6.31. The van der Waals surface area contributed by atoms with Crippen LogP contribution in [0.15, 0.2) is 66.7 Å². The van der Waals surface area contributed by atoms with Gasteiger partial charge in [0, 0.05) is 16.1 Å². The second kappa shape index (κ2) is 11.7. The van der Waals surface area contributed by atoms with E-state index in [-0.39, 0.29) is 11.4 Å². The van der Waals surface area contributed by atoms with Crippen LogP contribution in [-0.4, -0.2) is 22.6 Å². The molecule has 3 aromatic carbocycles. The fraction of sp³-hybridized carbons (Fsp3) is 0.231. The van der Waals surface area contributed by atoms with Crippen molar-refractivity contribution in [3.63, 3.8) is 0 Å². The Morgan fingerprint density at radius 1 is 0.941 bits per heavy atom. The molecule has 0 unspecified atom stereocenters. The number of carbonyl (C=O) groups is 1. The van der Waals surface area contributed by atoms with Gasteiger partial charge in [0.25, 0.3) is 5.91 Å². The molecule has 0 amide bonds. The Morgan fingerprint density at radius 2 is 1.59 bits per heavy atom. The van der Waals surface area contributed by atoms with E-state index in [1.54, 1.807) is 42.5 Å². The lowest BCUT2D eigenvalue weighted by Crippen LogP contribution is -2.14. The van der Waals surface area contributed by atoms with Crippen molar-refractivity contribution < 1.29 is 22.7 Å². The summed E-state index contributed by atoms with van der Waals surface area (Å²) >= 11 is 6.04. The van der Waals surface area contributed by atoms with Gasteiger partial charge in [-0.15, -0.1) is 0 Å². The van der Waals surface area contributed by atoms with Crippen LogP contribution < -0.4 is 4.74 Å². The number of halogens is 4. The summed E-state index contributed by atoms with van der Waals surface area (Å²) in [6.07, 6.45) is -4.52. The quantitative estimate of drug-likeness (QED) is 0.291. The van der Waals surface area contributed by atoms with E-state index in [1.165, 1.54) is 23.8 Å². The van der Waals surface area contributed by atoms with Crippen LogP contribution in [0.3, 0.4) is 0 Å². The highest BCUT2D eigenvalue weighted by Crippen LogP contribution is 2.33. The topological polar surface area (TPSA) is 44.1 Å². The molecular weight excluding hydrogens is 465 g/mol. The van der Waals surface area contributed by atoms with Gasteiger partial charge in [0.2, 0.25) is 0 Å². The third kappa shape index (κ3) is 5.78. The van der Waals surface area contributed by atoms with Crippen molar-refractivity contribution in [3.8, 4) is 17.1 Å². The Hall–Kier alpha value is -3.32. The fourth-order valence-corrected chi connectivity index (χ4v) is 3.32. The number of imidazole rings is 1. The van der Waals surface area contributed by atoms with E-state index in [0.717, 1.165) is 12.1 Å². The van der Waals surface area contributed by atoms with Gasteiger partial charge in [-0.2, -0.15) is 13.2 Å². The maximum absolute atomic E-state index is 13.3. The summed E-state index contributed by atoms with van der Waals surface area (Å²) in [4.78, 5) is 17.7. The highest BCUT2D eigenvalue weighted by Gasteiger charge is 2.31. The molecule has 8 heteroatoms. The zero-order chi connectivity index (χ0) is 25.5. The Balaban J connectivity index is 0.000000970. The molecular formula is C26H26ClF3N2O2. The Bertz CT molecular complexity index is 1250. The lowest BCUT2D eigenvalue weighted by atomic mass is 10.1. The largest absolute Gasteiger partial charge is 0.497 e. The first-order valence-corrected chi connectivity index (χ1v) is 11.2. The summed E-state index contributed by atoms with van der Waals surface area (Å²) in [5, 5.41) is 0.402. The zero-order valence-corrected chi connectivity index (χ0v) is 20.3. The normalized spacial score (nSPS) is 10.6. The second-order valence-corrected chi connectivity index (χ2v) is 6.95. The van der Waals surface area contributed by atoms with Crippen molar-refractivity contribution in [2.24, 2.45) is 0 Å². The van der Waals surface area contributed by atoms with Gasteiger partial charge in [0.05, 0.1) is 23.7 Å². The number of fused-ring (bicyclic) bond motifs is 1. The number of benzene rings is 3. The molecule has 0 N–H and O–H groups in total. The average Bonchev–Trinajstić information content (AvgIpc) is 3.24. The van der Waals surface area contributed by atoms with Gasteiger partial charge in [0.1, 0.15) is 11.6 Å². The van der Waals surface area contributed by atoms with Crippen LogP contribution in [-0.2, 0) is 6.18 Å². The summed E-state index contributed by atoms with van der Waals surface area (Å²) in [5.74, 6) is 0.237. The first kappa shape index (κ1) is 26.9. The number of hydrogen-bond donors (Lipinski definition) is 0. The number of alkyl halides is 3. The maximum Gasteiger partial charge on any atom is 0.416 e. The van der Waals surface area contributed by atoms with Gasteiger partial charge in [-0.3, -0.25) is 9.36 Å². The lowest BCUT2D eigenvalue weighted by Gasteiger charge is -2.11. The van der Waals surface area contributed by atoms with Gasteiger partial charge >= 0.3 is 6.18 Å². The van der Waals surface area contributed by atoms with E-state index in [9.17, 15) is 18.0 Å². The molecule has 4 rings (SSSR count). The van der Waals surface area contributed by atoms with Crippen LogP contribution in [0.4, 0.5) is 13.2 Å². The number of ether oxygens (including phenoxy) is 1. The molecule has 0 aliphatic heterocycles. The van der Waals surface area contributed by atoms with E-state index >= 15 is 0 Å². The summed E-state index contributed by atoms with van der Waals surface area (Å²) in [7, 11) is 1.51. The van der Waals surface area contributed by atoms with E-state index < -0.39 is 17.6 Å². The first-order valence-electron chi connectivity index (χ1n) is 10.8. The molecule has 0 saturated heterocycles. The molecule has 34 heavy (non-hydrogen) atoms. The summed E-state index contributed by atoms with van der Waals surface area (Å²) in [5.41, 5.74) is 0.509. The molecule has 0 fully saturated rings. The minimum absolute atomic E-state index is 0.0965.